The van der Waals surface area contributed by atoms with Crippen LogP contribution in [0, 0.1) is 6.92 Å². The molecule has 0 saturated carbocycles. The molecule has 1 aliphatic carbocycles. The van der Waals surface area contributed by atoms with Gasteiger partial charge in [-0.15, -0.1) is 0 Å². The summed E-state index contributed by atoms with van der Waals surface area (Å²) in [6.45, 7) is 2.04. The van der Waals surface area contributed by atoms with E-state index in [2.05, 4.69) is 29.6 Å². The summed E-state index contributed by atoms with van der Waals surface area (Å²) < 4.78 is 5.47. The summed E-state index contributed by atoms with van der Waals surface area (Å²) in [5.41, 5.74) is 5.58. The number of carbonyl (C=O) groups excluding carboxylic acids is 1. The number of carbonyl (C=O) groups is 1. The van der Waals surface area contributed by atoms with Crippen molar-refractivity contribution in [3.05, 3.63) is 89.0 Å². The predicted octanol–water partition coefficient (Wildman–Crippen LogP) is 4.02. The van der Waals surface area contributed by atoms with Gasteiger partial charge in [-0.25, -0.2) is 4.79 Å². The fourth-order valence-corrected chi connectivity index (χ4v) is 4.30. The third-order valence-electron chi connectivity index (χ3n) is 6.08. The van der Waals surface area contributed by atoms with Crippen molar-refractivity contribution in [1.29, 1.82) is 0 Å². The lowest BCUT2D eigenvalue weighted by atomic mass is 9.97. The number of phenolic OH excluding ortho intramolecular Hbond substituents is 1. The molecule has 4 rings (SSSR count). The lowest BCUT2D eigenvalue weighted by Gasteiger charge is -2.20. The first kappa shape index (κ1) is 21.9. The maximum absolute atomic E-state index is 12.2. The molecule has 32 heavy (non-hydrogen) atoms. The van der Waals surface area contributed by atoms with Crippen LogP contribution in [0.1, 0.15) is 40.7 Å². The van der Waals surface area contributed by atoms with Crippen molar-refractivity contribution in [3.63, 3.8) is 0 Å². The molecule has 1 amide bonds. The standard InChI is InChI=1S/C26H27NO5/c1-16-17(11-6-12-23(16)28)25(30)24(29)13-14-27-26(31)32-15-22-20-9-4-2-7-18(20)19-8-3-5-10-21(19)22/h2-12,22,24-25,28-30H,13-15H2,1H3,(H,27,31). The van der Waals surface area contributed by atoms with E-state index in [1.807, 2.05) is 24.3 Å². The predicted molar refractivity (Wildman–Crippen MR) is 121 cm³/mol. The van der Waals surface area contributed by atoms with Gasteiger partial charge < -0.3 is 25.4 Å². The molecule has 0 saturated heterocycles. The van der Waals surface area contributed by atoms with Gasteiger partial charge in [-0.2, -0.15) is 0 Å². The zero-order chi connectivity index (χ0) is 22.7. The van der Waals surface area contributed by atoms with E-state index in [9.17, 15) is 20.1 Å². The lowest BCUT2D eigenvalue weighted by Crippen LogP contribution is -2.30. The number of phenols is 1. The number of aliphatic hydroxyl groups is 2. The largest absolute Gasteiger partial charge is 0.508 e. The molecule has 6 heteroatoms. The molecule has 3 aromatic carbocycles. The minimum atomic E-state index is -1.16. The number of ether oxygens (including phenoxy) is 1. The van der Waals surface area contributed by atoms with Gasteiger partial charge in [0.25, 0.3) is 0 Å². The third-order valence-corrected chi connectivity index (χ3v) is 6.08. The fraction of sp³-hybridized carbons (Fsp3) is 0.269. The number of benzene rings is 3. The molecule has 0 aromatic heterocycles. The third kappa shape index (κ3) is 4.33. The molecule has 4 N–H and O–H groups in total. The van der Waals surface area contributed by atoms with Gasteiger partial charge in [-0.3, -0.25) is 0 Å². The monoisotopic (exact) mass is 433 g/mol. The minimum Gasteiger partial charge on any atom is -0.508 e. The van der Waals surface area contributed by atoms with Crippen molar-refractivity contribution >= 4 is 6.09 Å². The smallest absolute Gasteiger partial charge is 0.407 e. The second-order valence-corrected chi connectivity index (χ2v) is 8.04. The number of rotatable bonds is 7. The highest BCUT2D eigenvalue weighted by atomic mass is 16.5. The van der Waals surface area contributed by atoms with Crippen LogP contribution in [0.2, 0.25) is 0 Å². The van der Waals surface area contributed by atoms with E-state index < -0.39 is 18.3 Å². The normalized spacial score (nSPS) is 14.3. The van der Waals surface area contributed by atoms with Gasteiger partial charge in [-0.05, 0) is 52.8 Å². The highest BCUT2D eigenvalue weighted by molar-refractivity contribution is 5.79. The highest BCUT2D eigenvalue weighted by Gasteiger charge is 2.29. The van der Waals surface area contributed by atoms with Gasteiger partial charge in [-0.1, -0.05) is 60.7 Å². The molecular formula is C26H27NO5. The Hall–Kier alpha value is -3.35. The Morgan fingerprint density at radius 2 is 1.59 bits per heavy atom. The zero-order valence-electron chi connectivity index (χ0n) is 17.9. The Morgan fingerprint density at radius 1 is 0.969 bits per heavy atom. The number of nitrogens with one attached hydrogen (secondary N) is 1. The quantitative estimate of drug-likeness (QED) is 0.451. The van der Waals surface area contributed by atoms with Crippen LogP contribution in [0.25, 0.3) is 11.1 Å². The van der Waals surface area contributed by atoms with Gasteiger partial charge >= 0.3 is 6.09 Å². The van der Waals surface area contributed by atoms with Crippen LogP contribution in [-0.4, -0.2) is 40.7 Å². The molecule has 0 radical (unpaired) electrons. The number of aliphatic hydroxyl groups excluding tert-OH is 2. The first-order valence-electron chi connectivity index (χ1n) is 10.7. The molecule has 2 unspecified atom stereocenters. The number of fused-ring (bicyclic) bond motifs is 3. The number of amides is 1. The second-order valence-electron chi connectivity index (χ2n) is 8.04. The van der Waals surface area contributed by atoms with E-state index in [0.717, 1.165) is 22.3 Å². The molecule has 0 aliphatic heterocycles. The Bertz CT molecular complexity index is 1070. The molecular weight excluding hydrogens is 406 g/mol. The Labute approximate surface area is 187 Å². The van der Waals surface area contributed by atoms with Crippen molar-refractivity contribution < 1.29 is 24.9 Å². The van der Waals surface area contributed by atoms with E-state index in [1.54, 1.807) is 19.1 Å². The molecule has 3 aromatic rings. The Morgan fingerprint density at radius 3 is 2.25 bits per heavy atom. The van der Waals surface area contributed by atoms with Gasteiger partial charge in [0.05, 0.1) is 6.10 Å². The maximum atomic E-state index is 12.2. The summed E-state index contributed by atoms with van der Waals surface area (Å²) in [5, 5.41) is 33.1. The summed E-state index contributed by atoms with van der Waals surface area (Å²) in [6, 6.07) is 21.0. The Balaban J connectivity index is 1.29. The van der Waals surface area contributed by atoms with Crippen molar-refractivity contribution in [2.24, 2.45) is 0 Å². The SMILES string of the molecule is Cc1c(O)cccc1C(O)C(O)CCNC(=O)OCC1c2ccccc2-c2ccccc21. The summed E-state index contributed by atoms with van der Waals surface area (Å²) in [5.74, 6) is 0.0415. The average molecular weight is 434 g/mol. The van der Waals surface area contributed by atoms with Crippen molar-refractivity contribution in [2.45, 2.75) is 31.5 Å². The van der Waals surface area contributed by atoms with Crippen molar-refractivity contribution in [1.82, 2.24) is 5.32 Å². The highest BCUT2D eigenvalue weighted by Crippen LogP contribution is 2.44. The number of hydrogen-bond acceptors (Lipinski definition) is 5. The van der Waals surface area contributed by atoms with Crippen molar-refractivity contribution in [3.8, 4) is 16.9 Å². The lowest BCUT2D eigenvalue weighted by molar-refractivity contribution is 0.0132. The summed E-state index contributed by atoms with van der Waals surface area (Å²) in [4.78, 5) is 12.2. The van der Waals surface area contributed by atoms with Crippen LogP contribution in [0.5, 0.6) is 5.75 Å². The molecule has 6 nitrogen and oxygen atoms in total. The number of aromatic hydroxyl groups is 1. The molecule has 0 heterocycles. The van der Waals surface area contributed by atoms with E-state index in [4.69, 9.17) is 4.74 Å². The maximum Gasteiger partial charge on any atom is 0.407 e. The van der Waals surface area contributed by atoms with E-state index >= 15 is 0 Å². The van der Waals surface area contributed by atoms with E-state index in [-0.39, 0.29) is 31.2 Å². The van der Waals surface area contributed by atoms with Crippen LogP contribution in [0.4, 0.5) is 4.79 Å². The van der Waals surface area contributed by atoms with Crippen LogP contribution in [0.15, 0.2) is 66.7 Å². The molecule has 1 aliphatic rings. The van der Waals surface area contributed by atoms with Crippen LogP contribution in [-0.2, 0) is 4.74 Å². The van der Waals surface area contributed by atoms with Crippen molar-refractivity contribution in [2.75, 3.05) is 13.2 Å². The van der Waals surface area contributed by atoms with E-state index in [1.165, 1.54) is 6.07 Å². The van der Waals surface area contributed by atoms with Gasteiger partial charge in [0.1, 0.15) is 18.5 Å². The molecule has 2 atom stereocenters. The van der Waals surface area contributed by atoms with E-state index in [0.29, 0.717) is 11.1 Å². The van der Waals surface area contributed by atoms with Gasteiger partial charge in [0.2, 0.25) is 0 Å². The average Bonchev–Trinajstić information content (AvgIpc) is 3.13. The second kappa shape index (κ2) is 9.42. The van der Waals surface area contributed by atoms with Crippen LogP contribution >= 0.6 is 0 Å². The van der Waals surface area contributed by atoms with Crippen LogP contribution in [0.3, 0.4) is 0 Å². The number of hydrogen-bond donors (Lipinski definition) is 4. The topological polar surface area (TPSA) is 99.0 Å². The minimum absolute atomic E-state index is 0.0192. The number of alkyl carbamates (subject to hydrolysis) is 1. The van der Waals surface area contributed by atoms with Gasteiger partial charge in [0.15, 0.2) is 0 Å². The summed E-state index contributed by atoms with van der Waals surface area (Å²) in [6.07, 6.45) is -2.68. The summed E-state index contributed by atoms with van der Waals surface area (Å²) >= 11 is 0. The molecule has 166 valence electrons. The Kier molecular flexibility index (Phi) is 6.44. The fourth-order valence-electron chi connectivity index (χ4n) is 4.30. The van der Waals surface area contributed by atoms with Gasteiger partial charge in [0, 0.05) is 12.5 Å². The van der Waals surface area contributed by atoms with Crippen LogP contribution < -0.4 is 5.32 Å². The summed E-state index contributed by atoms with van der Waals surface area (Å²) in [7, 11) is 0. The zero-order valence-corrected chi connectivity index (χ0v) is 17.9. The molecule has 0 fully saturated rings. The first-order valence-corrected chi connectivity index (χ1v) is 10.7. The molecule has 0 spiro atoms. The molecule has 0 bridgehead atoms. The first-order chi connectivity index (χ1) is 15.5.